The number of hydrogen-bond acceptors (Lipinski definition) is 9. The summed E-state index contributed by atoms with van der Waals surface area (Å²) in [4.78, 5) is 53.5. The van der Waals surface area contributed by atoms with Crippen LogP contribution < -0.4 is 16.0 Å². The lowest BCUT2D eigenvalue weighted by molar-refractivity contribution is -0.126. The van der Waals surface area contributed by atoms with Gasteiger partial charge in [0.1, 0.15) is 25.9 Å². The van der Waals surface area contributed by atoms with Crippen LogP contribution in [0.4, 0.5) is 14.4 Å². The number of amides is 4. The summed E-state index contributed by atoms with van der Waals surface area (Å²) in [6.45, 7) is 0.743. The second-order valence-corrected chi connectivity index (χ2v) is 12.1. The highest BCUT2D eigenvalue weighted by molar-refractivity contribution is 5.85. The zero-order chi connectivity index (χ0) is 37.7. The number of carbonyl (C=O) groups is 4. The molecule has 280 valence electrons. The van der Waals surface area contributed by atoms with E-state index in [1.165, 1.54) is 17.0 Å². The fourth-order valence-corrected chi connectivity index (χ4v) is 5.25. The van der Waals surface area contributed by atoms with Gasteiger partial charge in [-0.2, -0.15) is 0 Å². The number of aromatic hydroxyl groups is 2. The summed E-state index contributed by atoms with van der Waals surface area (Å²) in [5, 5.41) is 27.7. The van der Waals surface area contributed by atoms with Crippen LogP contribution in [0.2, 0.25) is 0 Å². The van der Waals surface area contributed by atoms with Crippen molar-refractivity contribution in [2.24, 2.45) is 0 Å². The normalized spacial score (nSPS) is 11.1. The summed E-state index contributed by atoms with van der Waals surface area (Å²) in [5.41, 5.74) is 3.12. The van der Waals surface area contributed by atoms with Crippen molar-refractivity contribution in [3.63, 3.8) is 0 Å². The molecule has 0 aliphatic carbocycles. The van der Waals surface area contributed by atoms with Crippen LogP contribution in [-0.4, -0.2) is 71.5 Å². The van der Waals surface area contributed by atoms with Gasteiger partial charge in [0.25, 0.3) is 0 Å². The third-order valence-electron chi connectivity index (χ3n) is 8.07. The minimum absolute atomic E-state index is 0.0201. The van der Waals surface area contributed by atoms with E-state index in [0.29, 0.717) is 18.4 Å². The number of phenolic OH excluding ortho intramolecular Hbond substituents is 2. The molecule has 4 aromatic rings. The zero-order valence-electron chi connectivity index (χ0n) is 29.4. The maximum absolute atomic E-state index is 13.8. The molecular weight excluding hydrogens is 680 g/mol. The van der Waals surface area contributed by atoms with Gasteiger partial charge in [-0.15, -0.1) is 0 Å². The van der Waals surface area contributed by atoms with Crippen LogP contribution in [0.5, 0.6) is 11.5 Å². The molecule has 0 spiro atoms. The molecule has 1 atom stereocenters. The van der Waals surface area contributed by atoms with Crippen molar-refractivity contribution in [1.29, 1.82) is 0 Å². The predicted molar refractivity (Wildman–Crippen MR) is 197 cm³/mol. The van der Waals surface area contributed by atoms with Crippen LogP contribution in [0.3, 0.4) is 0 Å². The van der Waals surface area contributed by atoms with Crippen LogP contribution >= 0.6 is 0 Å². The molecule has 13 heteroatoms. The standard InChI is InChI=1S/C40H46N4O9/c45-35-20-19-30(26-36(35)46)21-24-41-37(47)34(18-10-22-42-38(48)51-27-31-12-4-1-5-13-31)44(40(50)53-29-33-16-8-3-9-17-33)25-11-23-43-39(49)52-28-32-14-6-2-7-15-32/h1-9,12-17,19-20,26,34,45-46H,10-11,18,21-25,27-29H2,(H,41,47)(H,42,48)(H,43,49). The van der Waals surface area contributed by atoms with E-state index in [1.807, 2.05) is 91.0 Å². The summed E-state index contributed by atoms with van der Waals surface area (Å²) in [6, 6.07) is 31.0. The monoisotopic (exact) mass is 726 g/mol. The van der Waals surface area contributed by atoms with Crippen molar-refractivity contribution in [2.75, 3.05) is 26.2 Å². The van der Waals surface area contributed by atoms with Crippen LogP contribution in [-0.2, 0) is 45.2 Å². The predicted octanol–water partition coefficient (Wildman–Crippen LogP) is 5.79. The van der Waals surface area contributed by atoms with E-state index in [0.717, 1.165) is 16.7 Å². The molecule has 4 amide bonds. The van der Waals surface area contributed by atoms with Gasteiger partial charge in [-0.3, -0.25) is 9.69 Å². The molecular formula is C40H46N4O9. The maximum atomic E-state index is 13.8. The molecule has 0 aromatic heterocycles. The second kappa shape index (κ2) is 21.9. The van der Waals surface area contributed by atoms with Crippen molar-refractivity contribution < 1.29 is 43.6 Å². The average Bonchev–Trinajstić information content (AvgIpc) is 3.18. The Morgan fingerprint density at radius 1 is 0.566 bits per heavy atom. The molecule has 53 heavy (non-hydrogen) atoms. The van der Waals surface area contributed by atoms with E-state index >= 15 is 0 Å². The number of phenols is 2. The number of rotatable bonds is 19. The Bertz CT molecular complexity index is 1730. The number of alkyl carbamates (subject to hydrolysis) is 2. The summed E-state index contributed by atoms with van der Waals surface area (Å²) in [5.74, 6) is -0.975. The summed E-state index contributed by atoms with van der Waals surface area (Å²) in [6.07, 6.45) is -0.854. The van der Waals surface area contributed by atoms with E-state index in [2.05, 4.69) is 16.0 Å². The van der Waals surface area contributed by atoms with Crippen molar-refractivity contribution >= 4 is 24.2 Å². The van der Waals surface area contributed by atoms with Gasteiger partial charge in [-0.1, -0.05) is 97.1 Å². The molecule has 0 aliphatic rings. The van der Waals surface area contributed by atoms with Gasteiger partial charge in [-0.25, -0.2) is 14.4 Å². The van der Waals surface area contributed by atoms with Crippen molar-refractivity contribution in [1.82, 2.24) is 20.9 Å². The highest BCUT2D eigenvalue weighted by Gasteiger charge is 2.30. The molecule has 4 rings (SSSR count). The van der Waals surface area contributed by atoms with Crippen molar-refractivity contribution in [3.8, 4) is 11.5 Å². The van der Waals surface area contributed by atoms with E-state index < -0.39 is 30.2 Å². The molecule has 1 unspecified atom stereocenters. The minimum Gasteiger partial charge on any atom is -0.504 e. The van der Waals surface area contributed by atoms with Gasteiger partial charge in [0.2, 0.25) is 5.91 Å². The third kappa shape index (κ3) is 14.5. The Kier molecular flexibility index (Phi) is 16.3. The summed E-state index contributed by atoms with van der Waals surface area (Å²) in [7, 11) is 0. The average molecular weight is 727 g/mol. The molecule has 0 fully saturated rings. The molecule has 0 radical (unpaired) electrons. The fourth-order valence-electron chi connectivity index (χ4n) is 5.25. The Morgan fingerprint density at radius 2 is 1.08 bits per heavy atom. The molecule has 0 aliphatic heterocycles. The van der Waals surface area contributed by atoms with Crippen LogP contribution in [0, 0.1) is 0 Å². The highest BCUT2D eigenvalue weighted by atomic mass is 16.6. The zero-order valence-corrected chi connectivity index (χ0v) is 29.4. The molecule has 0 saturated carbocycles. The lowest BCUT2D eigenvalue weighted by Crippen LogP contribution is -2.51. The first-order valence-electron chi connectivity index (χ1n) is 17.4. The third-order valence-corrected chi connectivity index (χ3v) is 8.07. The Labute approximate surface area is 308 Å². The van der Waals surface area contributed by atoms with Crippen molar-refractivity contribution in [2.45, 2.75) is 51.5 Å². The number of nitrogens with one attached hydrogen (secondary N) is 3. The topological polar surface area (TPSA) is 176 Å². The number of carbonyl (C=O) groups excluding carboxylic acids is 4. The number of ether oxygens (including phenoxy) is 3. The number of nitrogens with zero attached hydrogens (tertiary/aromatic N) is 1. The maximum Gasteiger partial charge on any atom is 0.410 e. The van der Waals surface area contributed by atoms with Crippen LogP contribution in [0.1, 0.15) is 41.5 Å². The molecule has 0 heterocycles. The molecule has 13 nitrogen and oxygen atoms in total. The van der Waals surface area contributed by atoms with Gasteiger partial charge in [0, 0.05) is 26.2 Å². The summed E-state index contributed by atoms with van der Waals surface area (Å²) < 4.78 is 16.2. The van der Waals surface area contributed by atoms with Gasteiger partial charge >= 0.3 is 18.3 Å². The first-order chi connectivity index (χ1) is 25.8. The SMILES string of the molecule is O=C(NCCCC(C(=O)NCCc1ccc(O)c(O)c1)N(CCCNC(=O)OCc1ccccc1)C(=O)OCc1ccccc1)OCc1ccccc1. The Morgan fingerprint density at radius 3 is 1.60 bits per heavy atom. The smallest absolute Gasteiger partial charge is 0.410 e. The first kappa shape index (κ1) is 39.5. The first-order valence-corrected chi connectivity index (χ1v) is 17.4. The van der Waals surface area contributed by atoms with Crippen LogP contribution in [0.25, 0.3) is 0 Å². The van der Waals surface area contributed by atoms with Gasteiger partial charge in [0.15, 0.2) is 11.5 Å². The molecule has 5 N–H and O–H groups in total. The quantitative estimate of drug-likeness (QED) is 0.0455. The Hall–Kier alpha value is -6.24. The number of hydrogen-bond donors (Lipinski definition) is 5. The van der Waals surface area contributed by atoms with E-state index in [9.17, 15) is 29.4 Å². The van der Waals surface area contributed by atoms with Gasteiger partial charge in [0.05, 0.1) is 0 Å². The minimum atomic E-state index is -1.00. The van der Waals surface area contributed by atoms with E-state index in [1.54, 1.807) is 6.07 Å². The largest absolute Gasteiger partial charge is 0.504 e. The van der Waals surface area contributed by atoms with E-state index in [4.69, 9.17) is 14.2 Å². The lowest BCUT2D eigenvalue weighted by Gasteiger charge is -2.30. The molecule has 0 saturated heterocycles. The van der Waals surface area contributed by atoms with Crippen molar-refractivity contribution in [3.05, 3.63) is 131 Å². The highest BCUT2D eigenvalue weighted by Crippen LogP contribution is 2.25. The summed E-state index contributed by atoms with van der Waals surface area (Å²) >= 11 is 0. The lowest BCUT2D eigenvalue weighted by atomic mass is 10.1. The second-order valence-electron chi connectivity index (χ2n) is 12.1. The Balaban J connectivity index is 1.39. The van der Waals surface area contributed by atoms with Gasteiger partial charge in [-0.05, 0) is 60.1 Å². The number of benzene rings is 4. The van der Waals surface area contributed by atoms with Gasteiger partial charge < -0.3 is 40.4 Å². The molecule has 0 bridgehead atoms. The molecule has 4 aromatic carbocycles. The van der Waals surface area contributed by atoms with E-state index in [-0.39, 0.29) is 70.3 Å². The van der Waals surface area contributed by atoms with Crippen LogP contribution in [0.15, 0.2) is 109 Å². The fraction of sp³-hybridized carbons (Fsp3) is 0.300.